The zero-order valence-electron chi connectivity index (χ0n) is 10.2. The Bertz CT molecular complexity index is 705. The topological polar surface area (TPSA) is 89.0 Å². The number of carbonyl (C=O) groups excluding carboxylic acids is 1. The van der Waals surface area contributed by atoms with Gasteiger partial charge < -0.3 is 0 Å². The lowest BCUT2D eigenvalue weighted by Crippen LogP contribution is -2.13. The molecule has 1 N–H and O–H groups in total. The molecule has 0 fully saturated rings. The molecule has 6 nitrogen and oxygen atoms in total. The van der Waals surface area contributed by atoms with Crippen molar-refractivity contribution < 1.29 is 13.2 Å². The molecule has 0 radical (unpaired) electrons. The highest BCUT2D eigenvalue weighted by Gasteiger charge is 2.16. The molecular formula is C11H11N3O3S2. The van der Waals surface area contributed by atoms with E-state index in [1.807, 2.05) is 0 Å². The third-order valence-corrected chi connectivity index (χ3v) is 4.56. The van der Waals surface area contributed by atoms with Crippen LogP contribution in [-0.4, -0.2) is 24.4 Å². The molecule has 0 aliphatic rings. The third-order valence-electron chi connectivity index (χ3n) is 2.32. The quantitative estimate of drug-likeness (QED) is 0.870. The summed E-state index contributed by atoms with van der Waals surface area (Å²) in [6.45, 7) is 3.16. The van der Waals surface area contributed by atoms with Gasteiger partial charge in [0, 0.05) is 5.56 Å². The molecule has 0 atom stereocenters. The lowest BCUT2D eigenvalue weighted by molar-refractivity contribution is 0.101. The summed E-state index contributed by atoms with van der Waals surface area (Å²) < 4.78 is 26.4. The molecule has 0 amide bonds. The van der Waals surface area contributed by atoms with E-state index in [1.54, 1.807) is 6.92 Å². The summed E-state index contributed by atoms with van der Waals surface area (Å²) in [6.07, 6.45) is 0. The number of anilines is 1. The van der Waals surface area contributed by atoms with Crippen molar-refractivity contribution in [3.8, 4) is 0 Å². The van der Waals surface area contributed by atoms with Gasteiger partial charge in [0.1, 0.15) is 5.01 Å². The lowest BCUT2D eigenvalue weighted by Gasteiger charge is -2.04. The Morgan fingerprint density at radius 2 is 1.84 bits per heavy atom. The van der Waals surface area contributed by atoms with Crippen LogP contribution < -0.4 is 4.72 Å². The van der Waals surface area contributed by atoms with Crippen LogP contribution in [0, 0.1) is 6.92 Å². The van der Waals surface area contributed by atoms with Crippen LogP contribution in [0.15, 0.2) is 29.2 Å². The number of sulfonamides is 1. The van der Waals surface area contributed by atoms with Gasteiger partial charge in [-0.3, -0.25) is 9.52 Å². The Morgan fingerprint density at radius 3 is 2.32 bits per heavy atom. The van der Waals surface area contributed by atoms with E-state index in [9.17, 15) is 13.2 Å². The predicted octanol–water partition coefficient (Wildman–Crippen LogP) is 1.85. The van der Waals surface area contributed by atoms with Gasteiger partial charge in [0.05, 0.1) is 4.90 Å². The monoisotopic (exact) mass is 297 g/mol. The van der Waals surface area contributed by atoms with Crippen LogP contribution in [0.3, 0.4) is 0 Å². The number of rotatable bonds is 4. The molecule has 0 saturated heterocycles. The average molecular weight is 297 g/mol. The molecule has 0 bridgehead atoms. The van der Waals surface area contributed by atoms with E-state index in [1.165, 1.54) is 31.2 Å². The molecule has 0 unspecified atom stereocenters. The number of hydrogen-bond donors (Lipinski definition) is 1. The molecule has 1 heterocycles. The Labute approximate surface area is 114 Å². The summed E-state index contributed by atoms with van der Waals surface area (Å²) >= 11 is 1.15. The highest BCUT2D eigenvalue weighted by atomic mass is 32.2. The molecule has 2 aromatic rings. The fourth-order valence-corrected chi connectivity index (χ4v) is 3.20. The van der Waals surface area contributed by atoms with Gasteiger partial charge in [-0.15, -0.1) is 10.2 Å². The van der Waals surface area contributed by atoms with Gasteiger partial charge in [-0.05, 0) is 26.0 Å². The summed E-state index contributed by atoms with van der Waals surface area (Å²) in [5, 5.41) is 8.31. The number of carbonyl (C=O) groups is 1. The second-order valence-electron chi connectivity index (χ2n) is 3.81. The van der Waals surface area contributed by atoms with E-state index in [0.29, 0.717) is 10.6 Å². The summed E-state index contributed by atoms with van der Waals surface area (Å²) in [5.41, 5.74) is 0.464. The normalized spacial score (nSPS) is 11.3. The van der Waals surface area contributed by atoms with Gasteiger partial charge in [-0.1, -0.05) is 23.5 Å². The highest BCUT2D eigenvalue weighted by molar-refractivity contribution is 7.93. The fraction of sp³-hybridized carbons (Fsp3) is 0.182. The van der Waals surface area contributed by atoms with E-state index in [-0.39, 0.29) is 15.8 Å². The van der Waals surface area contributed by atoms with Crippen LogP contribution in [0.4, 0.5) is 5.13 Å². The maximum absolute atomic E-state index is 12.0. The maximum atomic E-state index is 12.0. The minimum absolute atomic E-state index is 0.0744. The smallest absolute Gasteiger partial charge is 0.263 e. The second-order valence-corrected chi connectivity index (χ2v) is 6.68. The van der Waals surface area contributed by atoms with Gasteiger partial charge >= 0.3 is 0 Å². The summed E-state index contributed by atoms with van der Waals surface area (Å²) in [7, 11) is -3.70. The van der Waals surface area contributed by atoms with Gasteiger partial charge in [0.15, 0.2) is 5.78 Å². The number of aromatic nitrogens is 2. The summed E-state index contributed by atoms with van der Waals surface area (Å²) in [6, 6.07) is 5.71. The van der Waals surface area contributed by atoms with Crippen LogP contribution in [0.2, 0.25) is 0 Å². The number of aryl methyl sites for hydroxylation is 1. The van der Waals surface area contributed by atoms with E-state index < -0.39 is 10.0 Å². The van der Waals surface area contributed by atoms with Gasteiger partial charge in [0.25, 0.3) is 10.0 Å². The maximum Gasteiger partial charge on any atom is 0.263 e. The van der Waals surface area contributed by atoms with E-state index >= 15 is 0 Å². The average Bonchev–Trinajstić information content (AvgIpc) is 2.74. The second kappa shape index (κ2) is 5.06. The molecule has 1 aromatic carbocycles. The Morgan fingerprint density at radius 1 is 1.21 bits per heavy atom. The standard InChI is InChI=1S/C11H11N3O3S2/c1-7(15)9-3-5-10(6-4-9)19(16,17)14-11-13-12-8(2)18-11/h3-6H,1-2H3,(H,13,14). The van der Waals surface area contributed by atoms with Crippen molar-refractivity contribution in [2.45, 2.75) is 18.7 Å². The lowest BCUT2D eigenvalue weighted by atomic mass is 10.2. The number of hydrogen-bond acceptors (Lipinski definition) is 6. The first-order valence-electron chi connectivity index (χ1n) is 5.32. The van der Waals surface area contributed by atoms with Crippen LogP contribution in [-0.2, 0) is 10.0 Å². The first-order chi connectivity index (χ1) is 8.88. The minimum atomic E-state index is -3.70. The van der Waals surface area contributed by atoms with Crippen molar-refractivity contribution >= 4 is 32.3 Å². The van der Waals surface area contributed by atoms with Crippen LogP contribution in [0.5, 0.6) is 0 Å². The molecule has 0 spiro atoms. The third kappa shape index (κ3) is 3.15. The Hall–Kier alpha value is -1.80. The van der Waals surface area contributed by atoms with Crippen LogP contribution >= 0.6 is 11.3 Å². The highest BCUT2D eigenvalue weighted by Crippen LogP contribution is 2.19. The number of benzene rings is 1. The zero-order valence-corrected chi connectivity index (χ0v) is 11.9. The molecule has 2 rings (SSSR count). The molecule has 8 heteroatoms. The number of nitrogens with one attached hydrogen (secondary N) is 1. The Kier molecular flexibility index (Phi) is 3.63. The summed E-state index contributed by atoms with van der Waals surface area (Å²) in [5.74, 6) is -0.114. The van der Waals surface area contributed by atoms with Gasteiger partial charge in [-0.2, -0.15) is 0 Å². The van der Waals surface area contributed by atoms with Gasteiger partial charge in [-0.25, -0.2) is 8.42 Å². The van der Waals surface area contributed by atoms with Crippen molar-refractivity contribution in [1.82, 2.24) is 10.2 Å². The van der Waals surface area contributed by atoms with E-state index in [2.05, 4.69) is 14.9 Å². The molecule has 19 heavy (non-hydrogen) atoms. The number of ketones is 1. The molecule has 100 valence electrons. The minimum Gasteiger partial charge on any atom is -0.295 e. The molecule has 0 saturated carbocycles. The van der Waals surface area contributed by atoms with Crippen molar-refractivity contribution in [1.29, 1.82) is 0 Å². The predicted molar refractivity (Wildman–Crippen MR) is 71.9 cm³/mol. The van der Waals surface area contributed by atoms with Crippen molar-refractivity contribution in [3.63, 3.8) is 0 Å². The molecule has 0 aliphatic heterocycles. The van der Waals surface area contributed by atoms with E-state index in [4.69, 9.17) is 0 Å². The first kappa shape index (κ1) is 13.6. The number of Topliss-reactive ketones (excluding diaryl/α,β-unsaturated/α-hetero) is 1. The first-order valence-corrected chi connectivity index (χ1v) is 7.62. The fourth-order valence-electron chi connectivity index (χ4n) is 1.38. The van der Waals surface area contributed by atoms with Crippen molar-refractivity contribution in [3.05, 3.63) is 34.8 Å². The van der Waals surface area contributed by atoms with Gasteiger partial charge in [0.2, 0.25) is 5.13 Å². The van der Waals surface area contributed by atoms with Crippen LogP contribution in [0.1, 0.15) is 22.3 Å². The number of nitrogens with zero attached hydrogens (tertiary/aromatic N) is 2. The summed E-state index contributed by atoms with van der Waals surface area (Å²) in [4.78, 5) is 11.2. The molecular weight excluding hydrogens is 286 g/mol. The van der Waals surface area contributed by atoms with E-state index in [0.717, 1.165) is 11.3 Å². The zero-order chi connectivity index (χ0) is 14.0. The van der Waals surface area contributed by atoms with Crippen molar-refractivity contribution in [2.24, 2.45) is 0 Å². The van der Waals surface area contributed by atoms with Crippen LogP contribution in [0.25, 0.3) is 0 Å². The molecule has 0 aliphatic carbocycles. The molecule has 1 aromatic heterocycles. The van der Waals surface area contributed by atoms with Crippen molar-refractivity contribution in [2.75, 3.05) is 4.72 Å². The Balaban J connectivity index is 2.26. The largest absolute Gasteiger partial charge is 0.295 e. The SMILES string of the molecule is CC(=O)c1ccc(S(=O)(=O)Nc2nnc(C)s2)cc1.